The van der Waals surface area contributed by atoms with Crippen LogP contribution in [0.2, 0.25) is 0 Å². The Balaban J connectivity index is 1.23. The molecule has 0 radical (unpaired) electrons. The highest BCUT2D eigenvalue weighted by Crippen LogP contribution is 2.25. The first-order valence-electron chi connectivity index (χ1n) is 10.9. The standard InChI is InChI=1S/C23H28N6O3S/c1-15-4-6-18(7-5-15)19-14-33-23(24-19)26-22(31)17(3)29-10-8-28(9-11-29)13-21(30)25-20-12-16(2)32-27-20/h4-7,12,14,17H,8-11,13H2,1-3H3,(H,24,26,31)(H,25,27,30). The second-order valence-corrected chi connectivity index (χ2v) is 9.11. The third-order valence-electron chi connectivity index (χ3n) is 5.68. The molecule has 0 bridgehead atoms. The summed E-state index contributed by atoms with van der Waals surface area (Å²) in [7, 11) is 0. The van der Waals surface area contributed by atoms with E-state index in [2.05, 4.69) is 30.6 Å². The van der Waals surface area contributed by atoms with E-state index in [-0.39, 0.29) is 24.4 Å². The van der Waals surface area contributed by atoms with Crippen LogP contribution in [0, 0.1) is 13.8 Å². The molecule has 1 atom stereocenters. The molecule has 2 aromatic heterocycles. The average molecular weight is 469 g/mol. The topological polar surface area (TPSA) is 104 Å². The fraction of sp³-hybridized carbons (Fsp3) is 0.391. The van der Waals surface area contributed by atoms with Crippen molar-refractivity contribution < 1.29 is 14.1 Å². The van der Waals surface area contributed by atoms with Gasteiger partial charge in [-0.15, -0.1) is 11.3 Å². The van der Waals surface area contributed by atoms with E-state index in [9.17, 15) is 9.59 Å². The quantitative estimate of drug-likeness (QED) is 0.549. The number of hydrogen-bond donors (Lipinski definition) is 2. The summed E-state index contributed by atoms with van der Waals surface area (Å²) in [6.45, 7) is 8.83. The number of thiazole rings is 1. The van der Waals surface area contributed by atoms with Gasteiger partial charge in [0.1, 0.15) is 5.76 Å². The third-order valence-corrected chi connectivity index (χ3v) is 6.44. The SMILES string of the molecule is Cc1ccc(-c2csc(NC(=O)C(C)N3CCN(CC(=O)Nc4cc(C)on4)CC3)n2)cc1. The molecule has 174 valence electrons. The first kappa shape index (κ1) is 23.1. The largest absolute Gasteiger partial charge is 0.360 e. The zero-order chi connectivity index (χ0) is 23.4. The van der Waals surface area contributed by atoms with Crippen molar-refractivity contribution in [3.63, 3.8) is 0 Å². The van der Waals surface area contributed by atoms with Crippen molar-refractivity contribution in [2.45, 2.75) is 26.8 Å². The van der Waals surface area contributed by atoms with Gasteiger partial charge >= 0.3 is 0 Å². The lowest BCUT2D eigenvalue weighted by atomic mass is 10.1. The van der Waals surface area contributed by atoms with E-state index in [0.29, 0.717) is 42.9 Å². The number of carbonyl (C=O) groups is 2. The monoisotopic (exact) mass is 468 g/mol. The summed E-state index contributed by atoms with van der Waals surface area (Å²) >= 11 is 1.42. The van der Waals surface area contributed by atoms with Gasteiger partial charge in [0.2, 0.25) is 11.8 Å². The van der Waals surface area contributed by atoms with Gasteiger partial charge in [0.15, 0.2) is 10.9 Å². The third kappa shape index (κ3) is 6.04. The number of anilines is 2. The summed E-state index contributed by atoms with van der Waals surface area (Å²) in [5, 5.41) is 12.0. The van der Waals surface area contributed by atoms with Crippen LogP contribution < -0.4 is 10.6 Å². The number of amides is 2. The molecule has 0 spiro atoms. The molecule has 1 unspecified atom stereocenters. The summed E-state index contributed by atoms with van der Waals surface area (Å²) in [5.41, 5.74) is 3.09. The first-order chi connectivity index (χ1) is 15.9. The molecule has 10 heteroatoms. The normalized spacial score (nSPS) is 15.8. The minimum absolute atomic E-state index is 0.0765. The van der Waals surface area contributed by atoms with Crippen LogP contribution >= 0.6 is 11.3 Å². The summed E-state index contributed by atoms with van der Waals surface area (Å²) in [4.78, 5) is 33.8. The maximum Gasteiger partial charge on any atom is 0.243 e. The highest BCUT2D eigenvalue weighted by atomic mass is 32.1. The molecule has 1 fully saturated rings. The maximum atomic E-state index is 12.8. The molecular formula is C23H28N6O3S. The van der Waals surface area contributed by atoms with Crippen LogP contribution in [0.1, 0.15) is 18.2 Å². The molecule has 1 aliphatic heterocycles. The molecule has 1 aromatic carbocycles. The van der Waals surface area contributed by atoms with Crippen molar-refractivity contribution >= 4 is 34.1 Å². The lowest BCUT2D eigenvalue weighted by Gasteiger charge is -2.36. The van der Waals surface area contributed by atoms with Crippen LogP contribution in [0.25, 0.3) is 11.3 Å². The highest BCUT2D eigenvalue weighted by Gasteiger charge is 2.27. The molecule has 1 aliphatic rings. The number of carbonyl (C=O) groups excluding carboxylic acids is 2. The van der Waals surface area contributed by atoms with E-state index in [1.165, 1.54) is 16.9 Å². The number of piperazine rings is 1. The van der Waals surface area contributed by atoms with Gasteiger partial charge in [-0.1, -0.05) is 35.0 Å². The fourth-order valence-corrected chi connectivity index (χ4v) is 4.41. The number of hydrogen-bond acceptors (Lipinski definition) is 8. The van der Waals surface area contributed by atoms with Gasteiger partial charge in [-0.3, -0.25) is 19.4 Å². The summed E-state index contributed by atoms with van der Waals surface area (Å²) in [5.74, 6) is 0.868. The molecule has 1 saturated heterocycles. The molecule has 33 heavy (non-hydrogen) atoms. The zero-order valence-corrected chi connectivity index (χ0v) is 19.8. The Kier molecular flexibility index (Phi) is 7.17. The van der Waals surface area contributed by atoms with E-state index in [1.54, 1.807) is 13.0 Å². The molecule has 3 heterocycles. The molecular weight excluding hydrogens is 440 g/mol. The smallest absolute Gasteiger partial charge is 0.243 e. The minimum Gasteiger partial charge on any atom is -0.360 e. The Morgan fingerprint density at radius 2 is 1.85 bits per heavy atom. The van der Waals surface area contributed by atoms with E-state index >= 15 is 0 Å². The van der Waals surface area contributed by atoms with Crippen molar-refractivity contribution in [1.82, 2.24) is 19.9 Å². The van der Waals surface area contributed by atoms with Gasteiger partial charge in [0, 0.05) is 43.2 Å². The second kappa shape index (κ2) is 10.2. The first-order valence-corrected chi connectivity index (χ1v) is 11.8. The highest BCUT2D eigenvalue weighted by molar-refractivity contribution is 7.14. The van der Waals surface area contributed by atoms with Crippen LogP contribution in [0.5, 0.6) is 0 Å². The van der Waals surface area contributed by atoms with Crippen LogP contribution in [0.3, 0.4) is 0 Å². The average Bonchev–Trinajstić information content (AvgIpc) is 3.43. The van der Waals surface area contributed by atoms with Crippen molar-refractivity contribution in [2.24, 2.45) is 0 Å². The zero-order valence-electron chi connectivity index (χ0n) is 19.0. The van der Waals surface area contributed by atoms with Crippen LogP contribution in [0.4, 0.5) is 10.9 Å². The van der Waals surface area contributed by atoms with Crippen LogP contribution in [-0.4, -0.2) is 70.5 Å². The number of rotatable bonds is 7. The van der Waals surface area contributed by atoms with E-state index in [0.717, 1.165) is 11.3 Å². The number of nitrogens with one attached hydrogen (secondary N) is 2. The lowest BCUT2D eigenvalue weighted by Crippen LogP contribution is -2.53. The second-order valence-electron chi connectivity index (χ2n) is 8.25. The van der Waals surface area contributed by atoms with Crippen molar-refractivity contribution in [3.8, 4) is 11.3 Å². The van der Waals surface area contributed by atoms with Crippen LogP contribution in [-0.2, 0) is 9.59 Å². The van der Waals surface area contributed by atoms with Crippen molar-refractivity contribution in [3.05, 3.63) is 47.0 Å². The Labute approximate surface area is 196 Å². The predicted octanol–water partition coefficient (Wildman–Crippen LogP) is 3.00. The van der Waals surface area contributed by atoms with Crippen LogP contribution in [0.15, 0.2) is 40.2 Å². The Bertz CT molecular complexity index is 1100. The summed E-state index contributed by atoms with van der Waals surface area (Å²) in [6, 6.07) is 9.56. The number of benzene rings is 1. The molecule has 4 rings (SSSR count). The summed E-state index contributed by atoms with van der Waals surface area (Å²) < 4.78 is 4.96. The van der Waals surface area contributed by atoms with Gasteiger partial charge in [0.25, 0.3) is 0 Å². The van der Waals surface area contributed by atoms with Gasteiger partial charge in [-0.05, 0) is 20.8 Å². The van der Waals surface area contributed by atoms with Gasteiger partial charge in [-0.2, -0.15) is 0 Å². The molecule has 2 N–H and O–H groups in total. The van der Waals surface area contributed by atoms with Gasteiger partial charge in [-0.25, -0.2) is 4.98 Å². The number of nitrogens with zero attached hydrogens (tertiary/aromatic N) is 4. The molecule has 9 nitrogen and oxygen atoms in total. The maximum absolute atomic E-state index is 12.8. The Hall–Kier alpha value is -3.08. The summed E-state index contributed by atoms with van der Waals surface area (Å²) in [6.07, 6.45) is 0. The molecule has 3 aromatic rings. The van der Waals surface area contributed by atoms with E-state index in [1.807, 2.05) is 43.5 Å². The predicted molar refractivity (Wildman–Crippen MR) is 128 cm³/mol. The van der Waals surface area contributed by atoms with E-state index < -0.39 is 0 Å². The fourth-order valence-electron chi connectivity index (χ4n) is 3.68. The molecule has 0 aliphatic carbocycles. The number of aromatic nitrogens is 2. The molecule has 0 saturated carbocycles. The van der Waals surface area contributed by atoms with Crippen molar-refractivity contribution in [1.29, 1.82) is 0 Å². The Morgan fingerprint density at radius 1 is 1.12 bits per heavy atom. The van der Waals surface area contributed by atoms with Gasteiger partial charge < -0.3 is 15.2 Å². The van der Waals surface area contributed by atoms with Gasteiger partial charge in [0.05, 0.1) is 18.3 Å². The van der Waals surface area contributed by atoms with Crippen molar-refractivity contribution in [2.75, 3.05) is 43.4 Å². The lowest BCUT2D eigenvalue weighted by molar-refractivity contribution is -0.122. The minimum atomic E-state index is -0.286. The Morgan fingerprint density at radius 3 is 2.52 bits per heavy atom. The number of aryl methyl sites for hydroxylation is 2. The van der Waals surface area contributed by atoms with E-state index in [4.69, 9.17) is 4.52 Å². The molecule has 2 amide bonds.